The van der Waals surface area contributed by atoms with Crippen molar-refractivity contribution in [3.8, 4) is 0 Å². The van der Waals surface area contributed by atoms with Crippen LogP contribution in [0.15, 0.2) is 43.0 Å². The topological polar surface area (TPSA) is 59.0 Å². The van der Waals surface area contributed by atoms with Crippen LogP contribution in [0.5, 0.6) is 0 Å². The van der Waals surface area contributed by atoms with Gasteiger partial charge in [-0.3, -0.25) is 9.78 Å². The Labute approximate surface area is 134 Å². The minimum atomic E-state index is 0.0460. The molecule has 23 heavy (non-hydrogen) atoms. The summed E-state index contributed by atoms with van der Waals surface area (Å²) in [6.07, 6.45) is 5.93. The van der Waals surface area contributed by atoms with Gasteiger partial charge in [-0.1, -0.05) is 0 Å². The van der Waals surface area contributed by atoms with E-state index in [0.29, 0.717) is 18.7 Å². The first kappa shape index (κ1) is 13.8. The Bertz CT molecular complexity index is 906. The Balaban J connectivity index is 1.66. The third kappa shape index (κ3) is 2.44. The molecule has 0 saturated carbocycles. The molecule has 3 heterocycles. The number of rotatable bonds is 1. The van der Waals surface area contributed by atoms with Gasteiger partial charge >= 0.3 is 0 Å². The third-order valence-corrected chi connectivity index (χ3v) is 4.35. The second kappa shape index (κ2) is 5.43. The molecule has 3 aromatic rings. The highest BCUT2D eigenvalue weighted by atomic mass is 16.2. The highest BCUT2D eigenvalue weighted by molar-refractivity contribution is 5.98. The predicted octanol–water partition coefficient (Wildman–Crippen LogP) is 2.53. The maximum Gasteiger partial charge on any atom is 0.254 e. The minimum Gasteiger partial charge on any atom is -0.334 e. The predicted molar refractivity (Wildman–Crippen MR) is 87.0 cm³/mol. The number of aromatic nitrogens is 3. The zero-order valence-corrected chi connectivity index (χ0v) is 12.9. The van der Waals surface area contributed by atoms with E-state index in [9.17, 15) is 4.79 Å². The van der Waals surface area contributed by atoms with Gasteiger partial charge in [0.25, 0.3) is 5.91 Å². The molecule has 0 fully saturated rings. The van der Waals surface area contributed by atoms with Crippen LogP contribution >= 0.6 is 0 Å². The highest BCUT2D eigenvalue weighted by Gasteiger charge is 2.22. The molecule has 0 N–H and O–H groups in total. The lowest BCUT2D eigenvalue weighted by molar-refractivity contribution is 0.0733. The van der Waals surface area contributed by atoms with E-state index in [1.165, 1.54) is 0 Å². The van der Waals surface area contributed by atoms with Gasteiger partial charge < -0.3 is 4.90 Å². The lowest BCUT2D eigenvalue weighted by Gasteiger charge is -2.28. The van der Waals surface area contributed by atoms with E-state index >= 15 is 0 Å². The molecule has 5 heteroatoms. The molecule has 0 saturated heterocycles. The van der Waals surface area contributed by atoms with Crippen LogP contribution in [0.3, 0.4) is 0 Å². The third-order valence-electron chi connectivity index (χ3n) is 4.35. The Hall–Kier alpha value is -2.82. The summed E-state index contributed by atoms with van der Waals surface area (Å²) in [5.74, 6) is 0.0460. The SMILES string of the molecule is Cc1ccnc2ccc(C(=O)N3CCc4ncncc4C3)cc12. The molecule has 1 aromatic carbocycles. The molecule has 5 nitrogen and oxygen atoms in total. The van der Waals surface area contributed by atoms with E-state index in [1.807, 2.05) is 36.1 Å². The molecule has 0 bridgehead atoms. The summed E-state index contributed by atoms with van der Waals surface area (Å²) < 4.78 is 0. The van der Waals surface area contributed by atoms with Crippen molar-refractivity contribution < 1.29 is 4.79 Å². The maximum absolute atomic E-state index is 12.8. The molecule has 0 radical (unpaired) electrons. The average Bonchev–Trinajstić information content (AvgIpc) is 2.61. The normalized spacial score (nSPS) is 13.9. The van der Waals surface area contributed by atoms with Crippen molar-refractivity contribution in [3.05, 3.63) is 65.4 Å². The van der Waals surface area contributed by atoms with Gasteiger partial charge in [0.15, 0.2) is 0 Å². The number of aryl methyl sites for hydroxylation is 1. The van der Waals surface area contributed by atoms with Crippen molar-refractivity contribution in [2.24, 2.45) is 0 Å². The van der Waals surface area contributed by atoms with Crippen molar-refractivity contribution in [2.75, 3.05) is 6.54 Å². The van der Waals surface area contributed by atoms with E-state index < -0.39 is 0 Å². The van der Waals surface area contributed by atoms with Crippen molar-refractivity contribution in [3.63, 3.8) is 0 Å². The summed E-state index contributed by atoms with van der Waals surface area (Å²) >= 11 is 0. The maximum atomic E-state index is 12.8. The first-order valence-corrected chi connectivity index (χ1v) is 7.65. The molecule has 0 aliphatic carbocycles. The van der Waals surface area contributed by atoms with Crippen LogP contribution in [0.25, 0.3) is 10.9 Å². The summed E-state index contributed by atoms with van der Waals surface area (Å²) in [6, 6.07) is 7.67. The molecule has 0 unspecified atom stereocenters. The molecule has 0 spiro atoms. The molecule has 4 rings (SSSR count). The summed E-state index contributed by atoms with van der Waals surface area (Å²) in [4.78, 5) is 27.4. The molecule has 1 amide bonds. The molecule has 2 aromatic heterocycles. The van der Waals surface area contributed by atoms with E-state index in [4.69, 9.17) is 0 Å². The van der Waals surface area contributed by atoms with Gasteiger partial charge in [-0.05, 0) is 36.8 Å². The van der Waals surface area contributed by atoms with Crippen LogP contribution < -0.4 is 0 Å². The van der Waals surface area contributed by atoms with Crippen LogP contribution in [-0.2, 0) is 13.0 Å². The van der Waals surface area contributed by atoms with E-state index in [1.54, 1.807) is 18.7 Å². The van der Waals surface area contributed by atoms with Gasteiger partial charge in [-0.25, -0.2) is 9.97 Å². The van der Waals surface area contributed by atoms with Gasteiger partial charge in [0.2, 0.25) is 0 Å². The standard InChI is InChI=1S/C18H16N4O/c1-12-4-6-20-17-3-2-13(8-15(12)17)18(23)22-7-5-16-14(10-22)9-19-11-21-16/h2-4,6,8-9,11H,5,7,10H2,1H3. The Morgan fingerprint density at radius 2 is 2.13 bits per heavy atom. The monoisotopic (exact) mass is 304 g/mol. The molecular formula is C18H16N4O. The minimum absolute atomic E-state index is 0.0460. The van der Waals surface area contributed by atoms with E-state index in [0.717, 1.165) is 34.1 Å². The Kier molecular flexibility index (Phi) is 3.26. The zero-order chi connectivity index (χ0) is 15.8. The average molecular weight is 304 g/mol. The van der Waals surface area contributed by atoms with Crippen LogP contribution in [0.2, 0.25) is 0 Å². The fraction of sp³-hybridized carbons (Fsp3) is 0.222. The van der Waals surface area contributed by atoms with E-state index in [-0.39, 0.29) is 5.91 Å². The number of fused-ring (bicyclic) bond motifs is 2. The number of amides is 1. The summed E-state index contributed by atoms with van der Waals surface area (Å²) in [5.41, 5.74) is 4.82. The fourth-order valence-electron chi connectivity index (χ4n) is 3.04. The number of hydrogen-bond donors (Lipinski definition) is 0. The lowest BCUT2D eigenvalue weighted by atomic mass is 10.0. The number of benzene rings is 1. The summed E-state index contributed by atoms with van der Waals surface area (Å²) in [5, 5.41) is 1.03. The van der Waals surface area contributed by atoms with Crippen molar-refractivity contribution in [1.82, 2.24) is 19.9 Å². The van der Waals surface area contributed by atoms with Crippen LogP contribution in [0.4, 0.5) is 0 Å². The molecule has 1 aliphatic heterocycles. The van der Waals surface area contributed by atoms with Crippen LogP contribution in [0.1, 0.15) is 27.2 Å². The van der Waals surface area contributed by atoms with E-state index in [2.05, 4.69) is 15.0 Å². The Morgan fingerprint density at radius 3 is 3.04 bits per heavy atom. The van der Waals surface area contributed by atoms with Crippen LogP contribution in [-0.4, -0.2) is 32.3 Å². The van der Waals surface area contributed by atoms with Gasteiger partial charge in [0.1, 0.15) is 6.33 Å². The second-order valence-corrected chi connectivity index (χ2v) is 5.83. The summed E-state index contributed by atoms with van der Waals surface area (Å²) in [6.45, 7) is 3.29. The molecule has 114 valence electrons. The molecule has 0 atom stereocenters. The number of pyridine rings is 1. The lowest BCUT2D eigenvalue weighted by Crippen LogP contribution is -2.36. The first-order chi connectivity index (χ1) is 11.2. The fourth-order valence-corrected chi connectivity index (χ4v) is 3.04. The quantitative estimate of drug-likeness (QED) is 0.693. The molecular weight excluding hydrogens is 288 g/mol. The summed E-state index contributed by atoms with van der Waals surface area (Å²) in [7, 11) is 0. The Morgan fingerprint density at radius 1 is 1.22 bits per heavy atom. The van der Waals surface area contributed by atoms with Crippen molar-refractivity contribution in [1.29, 1.82) is 0 Å². The zero-order valence-electron chi connectivity index (χ0n) is 12.9. The molecule has 1 aliphatic rings. The number of hydrogen-bond acceptors (Lipinski definition) is 4. The highest BCUT2D eigenvalue weighted by Crippen LogP contribution is 2.21. The smallest absolute Gasteiger partial charge is 0.254 e. The van der Waals surface area contributed by atoms with Gasteiger partial charge in [-0.15, -0.1) is 0 Å². The van der Waals surface area contributed by atoms with Crippen molar-refractivity contribution >= 4 is 16.8 Å². The van der Waals surface area contributed by atoms with Crippen molar-refractivity contribution in [2.45, 2.75) is 19.9 Å². The number of carbonyl (C=O) groups is 1. The van der Waals surface area contributed by atoms with Gasteiger partial charge in [-0.2, -0.15) is 0 Å². The number of carbonyl (C=O) groups excluding carboxylic acids is 1. The number of nitrogens with zero attached hydrogens (tertiary/aromatic N) is 4. The van der Waals surface area contributed by atoms with Gasteiger partial charge in [0, 0.05) is 48.4 Å². The second-order valence-electron chi connectivity index (χ2n) is 5.83. The van der Waals surface area contributed by atoms with Crippen LogP contribution in [0, 0.1) is 6.92 Å². The van der Waals surface area contributed by atoms with Gasteiger partial charge in [0.05, 0.1) is 11.2 Å². The first-order valence-electron chi connectivity index (χ1n) is 7.65. The largest absolute Gasteiger partial charge is 0.334 e.